The minimum Gasteiger partial charge on any atom is -0.489 e. The number of hydrogen-bond donors (Lipinski definition) is 3. The summed E-state index contributed by atoms with van der Waals surface area (Å²) in [5.41, 5.74) is 9.00. The van der Waals surface area contributed by atoms with E-state index in [1.54, 1.807) is 6.07 Å². The molecule has 0 radical (unpaired) electrons. The van der Waals surface area contributed by atoms with Crippen molar-refractivity contribution in [2.75, 3.05) is 20.1 Å². The molecule has 0 saturated heterocycles. The summed E-state index contributed by atoms with van der Waals surface area (Å²) in [5.74, 6) is 0.0680. The molecule has 158 valence electrons. The van der Waals surface area contributed by atoms with Crippen LogP contribution in [-0.2, 0) is 13.2 Å². The van der Waals surface area contributed by atoms with E-state index in [1.807, 2.05) is 24.3 Å². The lowest BCUT2D eigenvalue weighted by Crippen LogP contribution is -2.38. The summed E-state index contributed by atoms with van der Waals surface area (Å²) in [4.78, 5) is 18.9. The first-order valence-corrected chi connectivity index (χ1v) is 10.1. The number of aromatic amines is 1. The second kappa shape index (κ2) is 9.45. The van der Waals surface area contributed by atoms with Crippen molar-refractivity contribution in [1.82, 2.24) is 14.8 Å². The van der Waals surface area contributed by atoms with Crippen molar-refractivity contribution in [2.24, 2.45) is 5.73 Å². The topological polar surface area (TPSA) is 98.4 Å². The quantitative estimate of drug-likeness (QED) is 0.393. The molecular weight excluding hydrogens is 378 g/mol. The molecule has 1 heterocycles. The number of H-pyrrole nitrogens is 1. The molecule has 0 saturated carbocycles. The third kappa shape index (κ3) is 4.80. The molecular formula is C23H29N5O2. The van der Waals surface area contributed by atoms with Crippen LogP contribution in [0.3, 0.4) is 0 Å². The molecule has 1 aromatic heterocycles. The Morgan fingerprint density at radius 3 is 2.47 bits per heavy atom. The number of carbonyl (C=O) groups is 1. The van der Waals surface area contributed by atoms with E-state index >= 15 is 0 Å². The van der Waals surface area contributed by atoms with Gasteiger partial charge in [-0.15, -0.1) is 0 Å². The van der Waals surface area contributed by atoms with Crippen LogP contribution < -0.4 is 10.5 Å². The van der Waals surface area contributed by atoms with Crippen LogP contribution in [0, 0.1) is 5.41 Å². The molecule has 1 amide bonds. The van der Waals surface area contributed by atoms with E-state index in [0.29, 0.717) is 12.3 Å². The van der Waals surface area contributed by atoms with Gasteiger partial charge in [-0.2, -0.15) is 0 Å². The number of ether oxygens (including phenoxy) is 1. The number of nitrogens with one attached hydrogen (secondary N) is 2. The molecule has 0 unspecified atom stereocenters. The third-order valence-electron chi connectivity index (χ3n) is 5.29. The van der Waals surface area contributed by atoms with E-state index in [0.717, 1.165) is 46.8 Å². The Morgan fingerprint density at radius 2 is 1.80 bits per heavy atom. The summed E-state index contributed by atoms with van der Waals surface area (Å²) < 4.78 is 6.06. The van der Waals surface area contributed by atoms with E-state index in [2.05, 4.69) is 41.9 Å². The van der Waals surface area contributed by atoms with E-state index < -0.39 is 0 Å². The average molecular weight is 408 g/mol. The molecule has 7 nitrogen and oxygen atoms in total. The molecule has 30 heavy (non-hydrogen) atoms. The molecule has 0 aliphatic rings. The first-order chi connectivity index (χ1) is 14.4. The van der Waals surface area contributed by atoms with Gasteiger partial charge in [0.15, 0.2) is 5.96 Å². The van der Waals surface area contributed by atoms with Crippen LogP contribution in [0.2, 0.25) is 0 Å². The predicted molar refractivity (Wildman–Crippen MR) is 120 cm³/mol. The second-order valence-electron chi connectivity index (χ2n) is 7.20. The van der Waals surface area contributed by atoms with Crippen LogP contribution in [0.1, 0.15) is 35.5 Å². The molecule has 7 heteroatoms. The van der Waals surface area contributed by atoms with E-state index in [-0.39, 0.29) is 11.9 Å². The third-order valence-corrected chi connectivity index (χ3v) is 5.29. The normalized spacial score (nSPS) is 11.1. The van der Waals surface area contributed by atoms with Crippen molar-refractivity contribution in [2.45, 2.75) is 27.0 Å². The summed E-state index contributed by atoms with van der Waals surface area (Å²) in [6.45, 7) is 7.73. The van der Waals surface area contributed by atoms with Crippen molar-refractivity contribution in [3.05, 3.63) is 65.4 Å². The monoisotopic (exact) mass is 407 g/mol. The average Bonchev–Trinajstić information content (AvgIpc) is 3.18. The van der Waals surface area contributed by atoms with Gasteiger partial charge in [0.05, 0.1) is 0 Å². The highest BCUT2D eigenvalue weighted by molar-refractivity contribution is 6.05. The molecule has 0 bridgehead atoms. The predicted octanol–water partition coefficient (Wildman–Crippen LogP) is 3.55. The van der Waals surface area contributed by atoms with Crippen LogP contribution in [-0.4, -0.2) is 46.8 Å². The lowest BCUT2D eigenvalue weighted by atomic mass is 10.1. The fourth-order valence-electron chi connectivity index (χ4n) is 3.30. The van der Waals surface area contributed by atoms with Gasteiger partial charge in [0.2, 0.25) is 0 Å². The number of benzene rings is 2. The molecule has 0 spiro atoms. The maximum atomic E-state index is 12.4. The molecule has 3 rings (SSSR count). The Hall–Kier alpha value is -3.32. The van der Waals surface area contributed by atoms with Crippen LogP contribution in [0.4, 0.5) is 0 Å². The summed E-state index contributed by atoms with van der Waals surface area (Å²) in [5, 5.41) is 8.31. The zero-order valence-corrected chi connectivity index (χ0v) is 17.7. The van der Waals surface area contributed by atoms with Gasteiger partial charge in [-0.1, -0.05) is 38.1 Å². The number of nitrogens with two attached hydrogens (primary N) is 1. The van der Waals surface area contributed by atoms with Crippen molar-refractivity contribution >= 4 is 22.8 Å². The Morgan fingerprint density at radius 1 is 1.10 bits per heavy atom. The van der Waals surface area contributed by atoms with Gasteiger partial charge >= 0.3 is 0 Å². The Bertz CT molecular complexity index is 1040. The largest absolute Gasteiger partial charge is 0.489 e. The minimum atomic E-state index is -0.355. The van der Waals surface area contributed by atoms with Crippen molar-refractivity contribution in [3.63, 3.8) is 0 Å². The maximum absolute atomic E-state index is 12.4. The first-order valence-electron chi connectivity index (χ1n) is 10.1. The smallest absolute Gasteiger partial charge is 0.276 e. The van der Waals surface area contributed by atoms with Crippen molar-refractivity contribution in [3.8, 4) is 5.75 Å². The standard InChI is InChI=1S/C23H29N5O2/c1-4-28(5-2)14-17-8-6-7-9-18(17)15-30-19-11-10-16-12-21(26-20(16)13-19)22(29)27(3)23(24)25/h6-13,26H,4-5,14-15H2,1-3H3,(H3,24,25). The molecule has 3 aromatic rings. The van der Waals surface area contributed by atoms with Crippen LogP contribution >= 0.6 is 0 Å². The van der Waals surface area contributed by atoms with Crippen LogP contribution in [0.5, 0.6) is 5.75 Å². The fourth-order valence-corrected chi connectivity index (χ4v) is 3.30. The van der Waals surface area contributed by atoms with Crippen molar-refractivity contribution < 1.29 is 9.53 Å². The van der Waals surface area contributed by atoms with Gasteiger partial charge in [-0.05, 0) is 42.4 Å². The lowest BCUT2D eigenvalue weighted by molar-refractivity contribution is 0.0864. The SMILES string of the molecule is CCN(CC)Cc1ccccc1COc1ccc2cc(C(=O)N(C)C(=N)N)[nH]c2c1. The number of hydrogen-bond acceptors (Lipinski definition) is 4. The molecule has 2 aromatic carbocycles. The van der Waals surface area contributed by atoms with Crippen molar-refractivity contribution in [1.29, 1.82) is 5.41 Å². The molecule has 0 fully saturated rings. The number of nitrogens with zero attached hydrogens (tertiary/aromatic N) is 2. The highest BCUT2D eigenvalue weighted by atomic mass is 16.5. The van der Waals surface area contributed by atoms with Crippen LogP contribution in [0.15, 0.2) is 48.5 Å². The molecule has 4 N–H and O–H groups in total. The molecule has 0 aliphatic heterocycles. The fraction of sp³-hybridized carbons (Fsp3) is 0.304. The molecule has 0 aliphatic carbocycles. The number of aromatic nitrogens is 1. The Labute approximate surface area is 176 Å². The summed E-state index contributed by atoms with van der Waals surface area (Å²) >= 11 is 0. The van der Waals surface area contributed by atoms with Gasteiger partial charge in [-0.25, -0.2) is 0 Å². The second-order valence-corrected chi connectivity index (χ2v) is 7.20. The zero-order chi connectivity index (χ0) is 21.7. The molecule has 0 atom stereocenters. The van der Waals surface area contributed by atoms with Gasteiger partial charge < -0.3 is 15.5 Å². The van der Waals surface area contributed by atoms with E-state index in [4.69, 9.17) is 15.9 Å². The maximum Gasteiger partial charge on any atom is 0.276 e. The highest BCUT2D eigenvalue weighted by Gasteiger charge is 2.16. The summed E-state index contributed by atoms with van der Waals surface area (Å²) in [7, 11) is 1.47. The lowest BCUT2D eigenvalue weighted by Gasteiger charge is -2.20. The van der Waals surface area contributed by atoms with E-state index in [1.165, 1.54) is 12.6 Å². The van der Waals surface area contributed by atoms with Gasteiger partial charge in [0.1, 0.15) is 18.1 Å². The zero-order valence-electron chi connectivity index (χ0n) is 17.7. The number of amides is 1. The highest BCUT2D eigenvalue weighted by Crippen LogP contribution is 2.23. The number of carbonyl (C=O) groups excluding carboxylic acids is 1. The van der Waals surface area contributed by atoms with Crippen LogP contribution in [0.25, 0.3) is 10.9 Å². The summed E-state index contributed by atoms with van der Waals surface area (Å²) in [6.07, 6.45) is 0. The number of guanidine groups is 1. The van der Waals surface area contributed by atoms with Gasteiger partial charge in [0, 0.05) is 30.6 Å². The number of fused-ring (bicyclic) bond motifs is 1. The Balaban J connectivity index is 1.75. The minimum absolute atomic E-state index is 0.300. The number of rotatable bonds is 8. The summed E-state index contributed by atoms with van der Waals surface area (Å²) in [6, 6.07) is 15.8. The van der Waals surface area contributed by atoms with Gasteiger partial charge in [-0.3, -0.25) is 20.0 Å². The van der Waals surface area contributed by atoms with Gasteiger partial charge in [0.25, 0.3) is 5.91 Å². The Kier molecular flexibility index (Phi) is 6.74. The first kappa shape index (κ1) is 21.4. The van der Waals surface area contributed by atoms with E-state index in [9.17, 15) is 4.79 Å².